The molecule has 2 N–H and O–H groups in total. The molecule has 0 spiro atoms. The third kappa shape index (κ3) is 4.26. The fourth-order valence-electron chi connectivity index (χ4n) is 2.24. The minimum absolute atomic E-state index is 0.271. The first-order valence-electron chi connectivity index (χ1n) is 7.38. The number of methoxy groups -OCH3 is 2. The van der Waals surface area contributed by atoms with E-state index in [0.717, 1.165) is 6.08 Å². The maximum atomic E-state index is 12.6. The second-order valence-corrected chi connectivity index (χ2v) is 7.27. The van der Waals surface area contributed by atoms with Crippen molar-refractivity contribution in [1.82, 2.24) is 0 Å². The molecule has 26 heavy (non-hydrogen) atoms. The van der Waals surface area contributed by atoms with Crippen molar-refractivity contribution in [2.45, 2.75) is 5.75 Å². The summed E-state index contributed by atoms with van der Waals surface area (Å²) in [6.45, 7) is 0. The largest absolute Gasteiger partial charge is 0.504 e. The van der Waals surface area contributed by atoms with Gasteiger partial charge in [0.2, 0.25) is 0 Å². The number of ether oxygens (including phenoxy) is 2. The fraction of sp³-hybridized carbons (Fsp3) is 0.167. The Morgan fingerprint density at radius 1 is 1.08 bits per heavy atom. The summed E-state index contributed by atoms with van der Waals surface area (Å²) in [5.41, 5.74) is 0.699. The van der Waals surface area contributed by atoms with Crippen LogP contribution in [0.3, 0.4) is 0 Å². The second kappa shape index (κ2) is 7.80. The number of nitriles is 1. The Morgan fingerprint density at radius 3 is 2.35 bits per heavy atom. The lowest BCUT2D eigenvalue weighted by atomic mass is 10.2. The van der Waals surface area contributed by atoms with Crippen molar-refractivity contribution in [2.24, 2.45) is 0 Å². The van der Waals surface area contributed by atoms with E-state index in [9.17, 15) is 23.9 Å². The van der Waals surface area contributed by atoms with Gasteiger partial charge in [-0.25, -0.2) is 8.42 Å². The van der Waals surface area contributed by atoms with E-state index >= 15 is 0 Å². The van der Waals surface area contributed by atoms with Crippen molar-refractivity contribution < 1.29 is 28.1 Å². The summed E-state index contributed by atoms with van der Waals surface area (Å²) in [5, 5.41) is 28.1. The quantitative estimate of drug-likeness (QED) is 0.589. The lowest BCUT2D eigenvalue weighted by molar-refractivity contribution is 0.354. The standard InChI is InChI=1S/C18H17NO6S/c1-24-17-6-4-13(9-18(17)25-2)11-26(22,23)14(10-19)7-12-3-5-15(20)16(21)8-12/h3-9,20-21H,11H2,1-2H3/b14-7+. The molecule has 0 saturated heterocycles. The van der Waals surface area contributed by atoms with Gasteiger partial charge in [-0.15, -0.1) is 0 Å². The number of benzene rings is 2. The predicted octanol–water partition coefficient (Wildman–Crippen LogP) is 2.59. The van der Waals surface area contributed by atoms with E-state index in [2.05, 4.69) is 0 Å². The van der Waals surface area contributed by atoms with E-state index in [1.165, 1.54) is 38.5 Å². The highest BCUT2D eigenvalue weighted by atomic mass is 32.2. The molecule has 0 saturated carbocycles. The van der Waals surface area contributed by atoms with Crippen molar-refractivity contribution in [3.63, 3.8) is 0 Å². The Morgan fingerprint density at radius 2 is 1.77 bits per heavy atom. The lowest BCUT2D eigenvalue weighted by Crippen LogP contribution is -2.07. The van der Waals surface area contributed by atoms with Gasteiger partial charge in [-0.05, 0) is 41.5 Å². The molecule has 2 rings (SSSR count). The van der Waals surface area contributed by atoms with Crippen molar-refractivity contribution in [1.29, 1.82) is 5.26 Å². The van der Waals surface area contributed by atoms with Gasteiger partial charge in [0, 0.05) is 0 Å². The number of phenols is 2. The molecule has 2 aromatic rings. The topological polar surface area (TPSA) is 117 Å². The number of rotatable bonds is 6. The lowest BCUT2D eigenvalue weighted by Gasteiger charge is -2.10. The number of phenolic OH excluding ortho intramolecular Hbond substituents is 2. The van der Waals surface area contributed by atoms with Crippen molar-refractivity contribution in [3.8, 4) is 29.1 Å². The molecule has 0 aliphatic heterocycles. The summed E-state index contributed by atoms with van der Waals surface area (Å²) < 4.78 is 35.4. The number of aromatic hydroxyl groups is 2. The van der Waals surface area contributed by atoms with Gasteiger partial charge in [0.05, 0.1) is 20.0 Å². The van der Waals surface area contributed by atoms with E-state index in [-0.39, 0.29) is 11.3 Å². The maximum Gasteiger partial charge on any atom is 0.192 e. The smallest absolute Gasteiger partial charge is 0.192 e. The van der Waals surface area contributed by atoms with Crippen LogP contribution in [0.1, 0.15) is 11.1 Å². The molecule has 0 amide bonds. The summed E-state index contributed by atoms with van der Waals surface area (Å²) in [7, 11) is -1.02. The molecule has 136 valence electrons. The average Bonchev–Trinajstić information content (AvgIpc) is 2.61. The van der Waals surface area contributed by atoms with Crippen molar-refractivity contribution in [2.75, 3.05) is 14.2 Å². The highest BCUT2D eigenvalue weighted by molar-refractivity contribution is 7.95. The van der Waals surface area contributed by atoms with E-state index in [0.29, 0.717) is 17.1 Å². The van der Waals surface area contributed by atoms with Gasteiger partial charge in [0.15, 0.2) is 32.8 Å². The molecule has 8 heteroatoms. The Labute approximate surface area is 151 Å². The Kier molecular flexibility index (Phi) is 5.75. The monoisotopic (exact) mass is 375 g/mol. The molecule has 7 nitrogen and oxygen atoms in total. The minimum Gasteiger partial charge on any atom is -0.504 e. The van der Waals surface area contributed by atoms with Crippen molar-refractivity contribution >= 4 is 15.9 Å². The van der Waals surface area contributed by atoms with Gasteiger partial charge in [-0.2, -0.15) is 5.26 Å². The molecule has 0 aliphatic carbocycles. The molecule has 0 aromatic heterocycles. The molecule has 0 unspecified atom stereocenters. The summed E-state index contributed by atoms with van der Waals surface area (Å²) in [4.78, 5) is -0.461. The number of sulfone groups is 1. The van der Waals surface area contributed by atoms with Crippen LogP contribution in [0.25, 0.3) is 6.08 Å². The van der Waals surface area contributed by atoms with Crippen LogP contribution in [0.4, 0.5) is 0 Å². The third-order valence-electron chi connectivity index (χ3n) is 3.55. The zero-order valence-electron chi connectivity index (χ0n) is 14.1. The zero-order chi connectivity index (χ0) is 19.3. The Balaban J connectivity index is 2.36. The van der Waals surface area contributed by atoms with Gasteiger partial charge in [0.25, 0.3) is 0 Å². The zero-order valence-corrected chi connectivity index (χ0v) is 14.9. The van der Waals surface area contributed by atoms with Gasteiger partial charge in [-0.3, -0.25) is 0 Å². The highest BCUT2D eigenvalue weighted by Gasteiger charge is 2.20. The van der Waals surface area contributed by atoms with E-state index in [1.54, 1.807) is 18.2 Å². The Hall–Kier alpha value is -3.18. The summed E-state index contributed by atoms with van der Waals surface area (Å²) in [6, 6.07) is 10.1. The maximum absolute atomic E-state index is 12.6. The minimum atomic E-state index is -3.93. The average molecular weight is 375 g/mol. The van der Waals surface area contributed by atoms with Crippen LogP contribution in [0.15, 0.2) is 41.3 Å². The first-order chi connectivity index (χ1) is 12.3. The molecule has 0 radical (unpaired) electrons. The molecule has 0 atom stereocenters. The first-order valence-corrected chi connectivity index (χ1v) is 9.03. The fourth-order valence-corrected chi connectivity index (χ4v) is 3.47. The molecule has 0 aliphatic rings. The van der Waals surface area contributed by atoms with Gasteiger partial charge in [-0.1, -0.05) is 12.1 Å². The molecule has 0 bridgehead atoms. The summed E-state index contributed by atoms with van der Waals surface area (Å²) >= 11 is 0. The Bertz CT molecular complexity index is 989. The molecular formula is C18H17NO6S. The normalized spacial score (nSPS) is 11.7. The second-order valence-electron chi connectivity index (χ2n) is 5.32. The summed E-state index contributed by atoms with van der Waals surface area (Å²) in [6.07, 6.45) is 1.13. The predicted molar refractivity (Wildman–Crippen MR) is 95.5 cm³/mol. The van der Waals surface area contributed by atoms with E-state index < -0.39 is 26.2 Å². The highest BCUT2D eigenvalue weighted by Crippen LogP contribution is 2.30. The van der Waals surface area contributed by atoms with E-state index in [4.69, 9.17) is 9.47 Å². The summed E-state index contributed by atoms with van der Waals surface area (Å²) in [5.74, 6) is -0.311. The number of hydrogen-bond acceptors (Lipinski definition) is 7. The van der Waals surface area contributed by atoms with Gasteiger partial charge in [0.1, 0.15) is 11.0 Å². The van der Waals surface area contributed by atoms with Crippen LogP contribution in [0.2, 0.25) is 0 Å². The van der Waals surface area contributed by atoms with Crippen LogP contribution >= 0.6 is 0 Å². The SMILES string of the molecule is COc1ccc(CS(=O)(=O)/C(C#N)=C/c2ccc(O)c(O)c2)cc1OC. The van der Waals surface area contributed by atoms with Crippen LogP contribution in [0, 0.1) is 11.3 Å². The molecule has 0 fully saturated rings. The third-order valence-corrected chi connectivity index (χ3v) is 5.14. The van der Waals surface area contributed by atoms with Crippen LogP contribution < -0.4 is 9.47 Å². The first kappa shape index (κ1) is 19.1. The van der Waals surface area contributed by atoms with Gasteiger partial charge < -0.3 is 19.7 Å². The molecule has 2 aromatic carbocycles. The number of allylic oxidation sites excluding steroid dienone is 1. The molecular weight excluding hydrogens is 358 g/mol. The van der Waals surface area contributed by atoms with Gasteiger partial charge >= 0.3 is 0 Å². The molecule has 0 heterocycles. The van der Waals surface area contributed by atoms with Crippen LogP contribution in [-0.2, 0) is 15.6 Å². The van der Waals surface area contributed by atoms with Crippen LogP contribution in [0.5, 0.6) is 23.0 Å². The van der Waals surface area contributed by atoms with Crippen LogP contribution in [-0.4, -0.2) is 32.9 Å². The van der Waals surface area contributed by atoms with Crippen molar-refractivity contribution in [3.05, 3.63) is 52.4 Å². The number of hydrogen-bond donors (Lipinski definition) is 2. The number of nitrogens with zero attached hydrogens (tertiary/aromatic N) is 1. The van der Waals surface area contributed by atoms with E-state index in [1.807, 2.05) is 0 Å².